The van der Waals surface area contributed by atoms with Gasteiger partial charge in [-0.3, -0.25) is 9.78 Å². The standard InChI is InChI=1S/C14H16N4O2S/c19-14(20)9-21-13-7-11(10-3-1-2-4-10)17-18(13)12-8-15-5-6-16-12/h5-8,10H,1-4,9H2,(H,19,20). The Hall–Kier alpha value is -1.89. The van der Waals surface area contributed by atoms with Gasteiger partial charge < -0.3 is 5.11 Å². The number of carboxylic acids is 1. The van der Waals surface area contributed by atoms with Gasteiger partial charge in [-0.1, -0.05) is 24.6 Å². The first kappa shape index (κ1) is 14.1. The van der Waals surface area contributed by atoms with Crippen LogP contribution in [0, 0.1) is 0 Å². The van der Waals surface area contributed by atoms with Crippen LogP contribution in [0.2, 0.25) is 0 Å². The highest BCUT2D eigenvalue weighted by Gasteiger charge is 2.22. The van der Waals surface area contributed by atoms with Crippen molar-refractivity contribution in [2.45, 2.75) is 36.6 Å². The van der Waals surface area contributed by atoms with Crippen molar-refractivity contribution in [1.29, 1.82) is 0 Å². The topological polar surface area (TPSA) is 80.9 Å². The largest absolute Gasteiger partial charge is 0.481 e. The van der Waals surface area contributed by atoms with E-state index in [2.05, 4.69) is 15.1 Å². The molecule has 0 amide bonds. The Kier molecular flexibility index (Phi) is 4.19. The minimum absolute atomic E-state index is 0.00998. The van der Waals surface area contributed by atoms with Gasteiger partial charge in [0.05, 0.1) is 17.6 Å². The SMILES string of the molecule is O=C(O)CSc1cc(C2CCCC2)nn1-c1cnccn1. The Morgan fingerprint density at radius 2 is 2.19 bits per heavy atom. The number of hydrogen-bond donors (Lipinski definition) is 1. The summed E-state index contributed by atoms with van der Waals surface area (Å²) in [6.07, 6.45) is 9.63. The lowest BCUT2D eigenvalue weighted by Gasteiger charge is -2.04. The Morgan fingerprint density at radius 1 is 1.38 bits per heavy atom. The van der Waals surface area contributed by atoms with Crippen molar-refractivity contribution < 1.29 is 9.90 Å². The van der Waals surface area contributed by atoms with Crippen molar-refractivity contribution in [2.75, 3.05) is 5.75 Å². The van der Waals surface area contributed by atoms with Crippen LogP contribution in [0.5, 0.6) is 0 Å². The molecule has 2 aromatic rings. The maximum absolute atomic E-state index is 10.8. The molecule has 2 heterocycles. The van der Waals surface area contributed by atoms with Crippen LogP contribution in [-0.2, 0) is 4.79 Å². The van der Waals surface area contributed by atoms with Crippen molar-refractivity contribution in [3.05, 3.63) is 30.4 Å². The van der Waals surface area contributed by atoms with Crippen LogP contribution in [0.1, 0.15) is 37.3 Å². The summed E-state index contributed by atoms with van der Waals surface area (Å²) in [6.45, 7) is 0. The highest BCUT2D eigenvalue weighted by atomic mass is 32.2. The van der Waals surface area contributed by atoms with Crippen molar-refractivity contribution in [2.24, 2.45) is 0 Å². The van der Waals surface area contributed by atoms with Crippen LogP contribution in [0.4, 0.5) is 0 Å². The fourth-order valence-electron chi connectivity index (χ4n) is 2.61. The van der Waals surface area contributed by atoms with Crippen molar-refractivity contribution >= 4 is 17.7 Å². The number of nitrogens with zero attached hydrogens (tertiary/aromatic N) is 4. The van der Waals surface area contributed by atoms with Crippen LogP contribution >= 0.6 is 11.8 Å². The molecule has 0 aromatic carbocycles. The van der Waals surface area contributed by atoms with E-state index >= 15 is 0 Å². The normalized spacial score (nSPS) is 15.4. The molecule has 0 atom stereocenters. The monoisotopic (exact) mass is 304 g/mol. The molecule has 6 nitrogen and oxygen atoms in total. The minimum atomic E-state index is -0.839. The van der Waals surface area contributed by atoms with Gasteiger partial charge in [0.1, 0.15) is 5.03 Å². The van der Waals surface area contributed by atoms with Crippen molar-refractivity contribution in [3.63, 3.8) is 0 Å². The molecule has 7 heteroatoms. The van der Waals surface area contributed by atoms with E-state index in [1.54, 1.807) is 23.3 Å². The molecule has 21 heavy (non-hydrogen) atoms. The zero-order chi connectivity index (χ0) is 14.7. The van der Waals surface area contributed by atoms with E-state index in [9.17, 15) is 4.79 Å². The number of rotatable bonds is 5. The number of carbonyl (C=O) groups is 1. The molecule has 0 aliphatic heterocycles. The molecule has 0 bridgehead atoms. The van der Waals surface area contributed by atoms with Gasteiger partial charge in [0, 0.05) is 18.3 Å². The van der Waals surface area contributed by atoms with Gasteiger partial charge in [0.25, 0.3) is 0 Å². The van der Waals surface area contributed by atoms with Gasteiger partial charge in [0.2, 0.25) is 0 Å². The van der Waals surface area contributed by atoms with Crippen LogP contribution in [-0.4, -0.2) is 36.6 Å². The summed E-state index contributed by atoms with van der Waals surface area (Å²) in [5.74, 6) is 0.270. The van der Waals surface area contributed by atoms with Gasteiger partial charge >= 0.3 is 5.97 Å². The van der Waals surface area contributed by atoms with Gasteiger partial charge in [-0.25, -0.2) is 9.67 Å². The second kappa shape index (κ2) is 6.26. The van der Waals surface area contributed by atoms with Gasteiger partial charge in [0.15, 0.2) is 5.82 Å². The Morgan fingerprint density at radius 3 is 2.86 bits per heavy atom. The summed E-state index contributed by atoms with van der Waals surface area (Å²) < 4.78 is 1.70. The number of aliphatic carboxylic acids is 1. The summed E-state index contributed by atoms with van der Waals surface area (Å²) in [7, 11) is 0. The molecule has 0 radical (unpaired) electrons. The summed E-state index contributed by atoms with van der Waals surface area (Å²) in [4.78, 5) is 19.1. The average Bonchev–Trinajstić information content (AvgIpc) is 3.15. The molecule has 1 aliphatic carbocycles. The molecule has 2 aromatic heterocycles. The molecular formula is C14H16N4O2S. The third-order valence-corrected chi connectivity index (χ3v) is 4.56. The summed E-state index contributed by atoms with van der Waals surface area (Å²) in [5.41, 5.74) is 1.03. The van der Waals surface area contributed by atoms with E-state index in [1.165, 1.54) is 24.6 Å². The van der Waals surface area contributed by atoms with Crippen LogP contribution in [0.3, 0.4) is 0 Å². The molecule has 1 N–H and O–H groups in total. The van der Waals surface area contributed by atoms with Gasteiger partial charge in [-0.15, -0.1) is 0 Å². The van der Waals surface area contributed by atoms with Gasteiger partial charge in [-0.2, -0.15) is 5.10 Å². The molecule has 1 fully saturated rings. The zero-order valence-electron chi connectivity index (χ0n) is 11.5. The molecule has 110 valence electrons. The number of carboxylic acid groups (broad SMARTS) is 1. The maximum atomic E-state index is 10.8. The predicted molar refractivity (Wildman–Crippen MR) is 78.7 cm³/mol. The van der Waals surface area contributed by atoms with E-state index in [1.807, 2.05) is 6.07 Å². The molecule has 1 saturated carbocycles. The lowest BCUT2D eigenvalue weighted by molar-refractivity contribution is -0.133. The summed E-state index contributed by atoms with van der Waals surface area (Å²) >= 11 is 1.26. The number of hydrogen-bond acceptors (Lipinski definition) is 5. The van der Waals surface area contributed by atoms with E-state index in [-0.39, 0.29) is 5.75 Å². The van der Waals surface area contributed by atoms with Crippen LogP contribution in [0.15, 0.2) is 29.7 Å². The maximum Gasteiger partial charge on any atom is 0.313 e. The fraction of sp³-hybridized carbons (Fsp3) is 0.429. The molecule has 3 rings (SSSR count). The molecule has 0 saturated heterocycles. The van der Waals surface area contributed by atoms with E-state index < -0.39 is 5.97 Å². The number of thioether (sulfide) groups is 1. The molecule has 0 spiro atoms. The molecule has 0 unspecified atom stereocenters. The second-order valence-corrected chi connectivity index (χ2v) is 6.04. The lowest BCUT2D eigenvalue weighted by atomic mass is 10.1. The first-order valence-corrected chi connectivity index (χ1v) is 7.93. The lowest BCUT2D eigenvalue weighted by Crippen LogP contribution is -2.04. The highest BCUT2D eigenvalue weighted by molar-refractivity contribution is 7.99. The van der Waals surface area contributed by atoms with E-state index in [0.29, 0.717) is 11.7 Å². The van der Waals surface area contributed by atoms with Crippen LogP contribution < -0.4 is 0 Å². The predicted octanol–water partition coefficient (Wildman–Crippen LogP) is 2.50. The summed E-state index contributed by atoms with van der Waals surface area (Å²) in [6, 6.07) is 2.00. The molecule has 1 aliphatic rings. The Labute approximate surface area is 126 Å². The third kappa shape index (κ3) is 3.24. The average molecular weight is 304 g/mol. The Bertz CT molecular complexity index is 623. The fourth-order valence-corrected chi connectivity index (χ4v) is 3.34. The zero-order valence-corrected chi connectivity index (χ0v) is 12.3. The van der Waals surface area contributed by atoms with Gasteiger partial charge in [-0.05, 0) is 18.9 Å². The van der Waals surface area contributed by atoms with Crippen LogP contribution in [0.25, 0.3) is 5.82 Å². The first-order chi connectivity index (χ1) is 10.2. The van der Waals surface area contributed by atoms with E-state index in [4.69, 9.17) is 5.11 Å². The minimum Gasteiger partial charge on any atom is -0.481 e. The first-order valence-electron chi connectivity index (χ1n) is 6.95. The highest BCUT2D eigenvalue weighted by Crippen LogP contribution is 2.35. The molecular weight excluding hydrogens is 288 g/mol. The van der Waals surface area contributed by atoms with E-state index in [0.717, 1.165) is 23.6 Å². The number of aromatic nitrogens is 4. The van der Waals surface area contributed by atoms with Crippen molar-refractivity contribution in [1.82, 2.24) is 19.7 Å². The Balaban J connectivity index is 1.93. The quantitative estimate of drug-likeness (QED) is 0.855. The smallest absolute Gasteiger partial charge is 0.313 e. The second-order valence-electron chi connectivity index (χ2n) is 5.05. The van der Waals surface area contributed by atoms with Crippen molar-refractivity contribution in [3.8, 4) is 5.82 Å². The summed E-state index contributed by atoms with van der Waals surface area (Å²) in [5, 5.41) is 14.3. The third-order valence-electron chi connectivity index (χ3n) is 3.58.